The summed E-state index contributed by atoms with van der Waals surface area (Å²) in [5.74, 6) is -0.0314. The lowest BCUT2D eigenvalue weighted by molar-refractivity contribution is -0.138. The van der Waals surface area contributed by atoms with E-state index in [-0.39, 0.29) is 0 Å². The van der Waals surface area contributed by atoms with Crippen molar-refractivity contribution in [2.75, 3.05) is 11.4 Å². The smallest absolute Gasteiger partial charge is 0.326 e. The maximum atomic E-state index is 11.4. The Balaban J connectivity index is 2.13. The highest BCUT2D eigenvalue weighted by atomic mass is 16.4. The van der Waals surface area contributed by atoms with Gasteiger partial charge in [-0.3, -0.25) is 0 Å². The molecule has 0 amide bonds. The molecule has 5 heteroatoms. The number of aromatic nitrogens is 2. The molecular weight excluding hydrogens is 254 g/mol. The van der Waals surface area contributed by atoms with Crippen LogP contribution >= 0.6 is 0 Å². The van der Waals surface area contributed by atoms with E-state index in [1.807, 2.05) is 11.0 Å². The van der Waals surface area contributed by atoms with Gasteiger partial charge in [-0.2, -0.15) is 0 Å². The SMILES string of the molecule is CCc1ccc2ncnc(N3CCCC3C(=O)O)c2c1. The topological polar surface area (TPSA) is 66.3 Å². The van der Waals surface area contributed by atoms with Gasteiger partial charge in [-0.25, -0.2) is 14.8 Å². The van der Waals surface area contributed by atoms with Crippen LogP contribution in [-0.2, 0) is 11.2 Å². The fourth-order valence-electron chi connectivity index (χ4n) is 2.82. The van der Waals surface area contributed by atoms with Crippen LogP contribution < -0.4 is 4.90 Å². The quantitative estimate of drug-likeness (QED) is 0.927. The largest absolute Gasteiger partial charge is 0.480 e. The van der Waals surface area contributed by atoms with Gasteiger partial charge in [0.05, 0.1) is 5.52 Å². The zero-order valence-electron chi connectivity index (χ0n) is 11.4. The van der Waals surface area contributed by atoms with Gasteiger partial charge in [0.2, 0.25) is 0 Å². The van der Waals surface area contributed by atoms with Crippen LogP contribution in [-0.4, -0.2) is 33.6 Å². The zero-order valence-corrected chi connectivity index (χ0v) is 11.4. The Morgan fingerprint density at radius 3 is 3.05 bits per heavy atom. The summed E-state index contributed by atoms with van der Waals surface area (Å²) >= 11 is 0. The number of hydrogen-bond donors (Lipinski definition) is 1. The van der Waals surface area contributed by atoms with Gasteiger partial charge in [-0.15, -0.1) is 0 Å². The lowest BCUT2D eigenvalue weighted by atomic mass is 10.1. The summed E-state index contributed by atoms with van der Waals surface area (Å²) in [6, 6.07) is 5.63. The van der Waals surface area contributed by atoms with Crippen LogP contribution in [0.4, 0.5) is 5.82 Å². The molecule has 1 saturated heterocycles. The van der Waals surface area contributed by atoms with Gasteiger partial charge in [0.15, 0.2) is 0 Å². The summed E-state index contributed by atoms with van der Waals surface area (Å²) < 4.78 is 0. The van der Waals surface area contributed by atoms with Crippen LogP contribution in [0.25, 0.3) is 10.9 Å². The zero-order chi connectivity index (χ0) is 14.1. The second-order valence-electron chi connectivity index (χ2n) is 5.09. The summed E-state index contributed by atoms with van der Waals surface area (Å²) in [6.07, 6.45) is 4.01. The van der Waals surface area contributed by atoms with Crippen molar-refractivity contribution in [1.82, 2.24) is 9.97 Å². The number of carbonyl (C=O) groups is 1. The van der Waals surface area contributed by atoms with Crippen molar-refractivity contribution in [2.45, 2.75) is 32.2 Å². The number of aryl methyl sites for hydroxylation is 1. The van der Waals surface area contributed by atoms with E-state index in [4.69, 9.17) is 0 Å². The highest BCUT2D eigenvalue weighted by Crippen LogP contribution is 2.30. The summed E-state index contributed by atoms with van der Waals surface area (Å²) in [7, 11) is 0. The first kappa shape index (κ1) is 12.8. The number of aliphatic carboxylic acids is 1. The number of benzene rings is 1. The highest BCUT2D eigenvalue weighted by Gasteiger charge is 2.32. The van der Waals surface area contributed by atoms with Gasteiger partial charge in [0, 0.05) is 11.9 Å². The number of anilines is 1. The van der Waals surface area contributed by atoms with Crippen molar-refractivity contribution in [3.63, 3.8) is 0 Å². The molecule has 0 bridgehead atoms. The third-order valence-corrected chi connectivity index (χ3v) is 3.90. The molecule has 1 atom stereocenters. The van der Waals surface area contributed by atoms with Crippen molar-refractivity contribution in [3.8, 4) is 0 Å². The van der Waals surface area contributed by atoms with E-state index < -0.39 is 12.0 Å². The number of carboxylic acids is 1. The van der Waals surface area contributed by atoms with E-state index in [0.717, 1.165) is 36.1 Å². The second-order valence-corrected chi connectivity index (χ2v) is 5.09. The average molecular weight is 271 g/mol. The Bertz CT molecular complexity index is 657. The summed E-state index contributed by atoms with van der Waals surface area (Å²) in [4.78, 5) is 21.9. The molecule has 1 aliphatic heterocycles. The molecule has 0 aliphatic carbocycles. The lowest BCUT2D eigenvalue weighted by Crippen LogP contribution is -2.36. The van der Waals surface area contributed by atoms with Crippen LogP contribution in [0.1, 0.15) is 25.3 Å². The minimum Gasteiger partial charge on any atom is -0.480 e. The van der Waals surface area contributed by atoms with E-state index in [9.17, 15) is 9.90 Å². The highest BCUT2D eigenvalue weighted by molar-refractivity contribution is 5.92. The third kappa shape index (κ3) is 2.09. The second kappa shape index (κ2) is 5.07. The van der Waals surface area contributed by atoms with Crippen molar-refractivity contribution >= 4 is 22.7 Å². The van der Waals surface area contributed by atoms with Crippen molar-refractivity contribution in [2.24, 2.45) is 0 Å². The maximum absolute atomic E-state index is 11.4. The van der Waals surface area contributed by atoms with Gasteiger partial charge in [0.25, 0.3) is 0 Å². The molecule has 1 aliphatic rings. The Morgan fingerprint density at radius 1 is 1.45 bits per heavy atom. The molecule has 20 heavy (non-hydrogen) atoms. The predicted octanol–water partition coefficient (Wildman–Crippen LogP) is 2.25. The number of nitrogens with zero attached hydrogens (tertiary/aromatic N) is 3. The first-order valence-electron chi connectivity index (χ1n) is 6.93. The monoisotopic (exact) mass is 271 g/mol. The minimum absolute atomic E-state index is 0.474. The van der Waals surface area contributed by atoms with E-state index in [0.29, 0.717) is 6.42 Å². The molecule has 3 rings (SSSR count). The molecular formula is C15H17N3O2. The Hall–Kier alpha value is -2.17. The molecule has 2 heterocycles. The molecule has 0 saturated carbocycles. The number of carboxylic acid groups (broad SMARTS) is 1. The van der Waals surface area contributed by atoms with Gasteiger partial charge in [-0.05, 0) is 37.0 Å². The van der Waals surface area contributed by atoms with E-state index in [1.54, 1.807) is 0 Å². The molecule has 1 N–H and O–H groups in total. The minimum atomic E-state index is -0.777. The molecule has 1 aromatic carbocycles. The molecule has 2 aromatic rings. The van der Waals surface area contributed by atoms with Gasteiger partial charge in [0.1, 0.15) is 18.2 Å². The predicted molar refractivity (Wildman–Crippen MR) is 76.9 cm³/mol. The average Bonchev–Trinajstić information content (AvgIpc) is 2.95. The molecule has 1 fully saturated rings. The van der Waals surface area contributed by atoms with Crippen LogP contribution in [0.5, 0.6) is 0 Å². The Morgan fingerprint density at radius 2 is 2.30 bits per heavy atom. The molecule has 1 unspecified atom stereocenters. The number of hydrogen-bond acceptors (Lipinski definition) is 4. The fraction of sp³-hybridized carbons (Fsp3) is 0.400. The molecule has 104 valence electrons. The Labute approximate surface area is 117 Å². The van der Waals surface area contributed by atoms with Crippen LogP contribution in [0.2, 0.25) is 0 Å². The number of rotatable bonds is 3. The molecule has 5 nitrogen and oxygen atoms in total. The van der Waals surface area contributed by atoms with E-state index in [2.05, 4.69) is 29.0 Å². The summed E-state index contributed by atoms with van der Waals surface area (Å²) in [5, 5.41) is 10.3. The Kier molecular flexibility index (Phi) is 3.26. The molecule has 0 spiro atoms. The van der Waals surface area contributed by atoms with Crippen molar-refractivity contribution < 1.29 is 9.90 Å². The standard InChI is InChI=1S/C15H17N3O2/c1-2-10-5-6-12-11(8-10)14(17-9-16-12)18-7-3-4-13(18)15(19)20/h5-6,8-9,13H,2-4,7H2,1H3,(H,19,20). The summed E-state index contributed by atoms with van der Waals surface area (Å²) in [5.41, 5.74) is 2.07. The first-order chi connectivity index (χ1) is 9.70. The molecule has 0 radical (unpaired) electrons. The van der Waals surface area contributed by atoms with Gasteiger partial charge < -0.3 is 10.0 Å². The van der Waals surface area contributed by atoms with Gasteiger partial charge in [-0.1, -0.05) is 13.0 Å². The summed E-state index contributed by atoms with van der Waals surface area (Å²) in [6.45, 7) is 2.83. The fourth-order valence-corrected chi connectivity index (χ4v) is 2.82. The van der Waals surface area contributed by atoms with Crippen molar-refractivity contribution in [1.29, 1.82) is 0 Å². The van der Waals surface area contributed by atoms with Crippen molar-refractivity contribution in [3.05, 3.63) is 30.1 Å². The number of fused-ring (bicyclic) bond motifs is 1. The van der Waals surface area contributed by atoms with Crippen LogP contribution in [0.15, 0.2) is 24.5 Å². The van der Waals surface area contributed by atoms with E-state index in [1.165, 1.54) is 11.9 Å². The van der Waals surface area contributed by atoms with Crippen LogP contribution in [0, 0.1) is 0 Å². The van der Waals surface area contributed by atoms with Gasteiger partial charge >= 0.3 is 5.97 Å². The van der Waals surface area contributed by atoms with E-state index >= 15 is 0 Å². The molecule has 1 aromatic heterocycles. The normalized spacial score (nSPS) is 18.6. The maximum Gasteiger partial charge on any atom is 0.326 e. The first-order valence-corrected chi connectivity index (χ1v) is 6.93. The third-order valence-electron chi connectivity index (χ3n) is 3.90. The lowest BCUT2D eigenvalue weighted by Gasteiger charge is -2.23. The van der Waals surface area contributed by atoms with Crippen LogP contribution in [0.3, 0.4) is 0 Å².